The Kier molecular flexibility index (Phi) is 3.41. The molecule has 0 aromatic heterocycles. The average molecular weight is 316 g/mol. The van der Waals surface area contributed by atoms with Gasteiger partial charge in [-0.2, -0.15) is 0 Å². The number of fused-ring (bicyclic) bond motifs is 1. The highest BCUT2D eigenvalue weighted by atomic mass is 32.2. The largest absolute Gasteiger partial charge is 0.348 e. The molecule has 114 valence electrons. The van der Waals surface area contributed by atoms with Crippen LogP contribution in [-0.2, 0) is 16.6 Å². The van der Waals surface area contributed by atoms with E-state index >= 15 is 0 Å². The Morgan fingerprint density at radius 1 is 1.05 bits per heavy atom. The van der Waals surface area contributed by atoms with Crippen LogP contribution in [0.4, 0.5) is 5.69 Å². The van der Waals surface area contributed by atoms with Crippen molar-refractivity contribution >= 4 is 21.6 Å². The van der Waals surface area contributed by atoms with Crippen molar-refractivity contribution in [2.75, 3.05) is 4.72 Å². The number of hydrogen-bond donors (Lipinski definition) is 2. The monoisotopic (exact) mass is 316 g/mol. The minimum absolute atomic E-state index is 0.175. The van der Waals surface area contributed by atoms with Crippen molar-refractivity contribution in [3.05, 3.63) is 58.7 Å². The molecule has 0 radical (unpaired) electrons. The number of carbonyl (C=O) groups excluding carboxylic acids is 1. The van der Waals surface area contributed by atoms with Gasteiger partial charge in [-0.25, -0.2) is 8.42 Å². The minimum atomic E-state index is -3.68. The predicted molar refractivity (Wildman–Crippen MR) is 84.3 cm³/mol. The Bertz CT molecular complexity index is 856. The lowest BCUT2D eigenvalue weighted by Crippen LogP contribution is -2.15. The van der Waals surface area contributed by atoms with Gasteiger partial charge in [-0.3, -0.25) is 9.52 Å². The first-order valence-corrected chi connectivity index (χ1v) is 8.37. The summed E-state index contributed by atoms with van der Waals surface area (Å²) in [6.07, 6.45) is 0. The number of nitrogens with one attached hydrogen (secondary N) is 2. The van der Waals surface area contributed by atoms with E-state index in [1.807, 2.05) is 13.8 Å². The van der Waals surface area contributed by atoms with Crippen LogP contribution in [0.2, 0.25) is 0 Å². The molecule has 0 saturated heterocycles. The first kappa shape index (κ1) is 14.6. The van der Waals surface area contributed by atoms with Crippen molar-refractivity contribution in [2.24, 2.45) is 0 Å². The third-order valence-electron chi connectivity index (χ3n) is 3.76. The summed E-state index contributed by atoms with van der Waals surface area (Å²) in [6.45, 7) is 4.05. The van der Waals surface area contributed by atoms with Crippen LogP contribution in [0.25, 0.3) is 0 Å². The highest BCUT2D eigenvalue weighted by Gasteiger charge is 2.25. The fourth-order valence-electron chi connectivity index (χ4n) is 2.48. The lowest BCUT2D eigenvalue weighted by atomic mass is 10.0. The smallest absolute Gasteiger partial charge is 0.261 e. The summed E-state index contributed by atoms with van der Waals surface area (Å²) in [6, 6.07) is 10.1. The SMILES string of the molecule is Cc1ccc(S(=O)(=O)Nc2c(C)ccc3c2CNC3=O)cc1. The molecule has 22 heavy (non-hydrogen) atoms. The zero-order chi connectivity index (χ0) is 15.9. The van der Waals surface area contributed by atoms with Crippen molar-refractivity contribution in [3.8, 4) is 0 Å². The average Bonchev–Trinajstić information content (AvgIpc) is 2.84. The quantitative estimate of drug-likeness (QED) is 0.912. The Labute approximate surface area is 129 Å². The van der Waals surface area contributed by atoms with Crippen LogP contribution in [-0.4, -0.2) is 14.3 Å². The molecular formula is C16H16N2O3S. The van der Waals surface area contributed by atoms with E-state index in [2.05, 4.69) is 10.0 Å². The first-order chi connectivity index (χ1) is 10.4. The number of sulfonamides is 1. The lowest BCUT2D eigenvalue weighted by molar-refractivity contribution is 0.0965. The molecule has 6 heteroatoms. The molecule has 1 heterocycles. The fraction of sp³-hybridized carbons (Fsp3) is 0.188. The predicted octanol–water partition coefficient (Wildman–Crippen LogP) is 2.35. The second-order valence-electron chi connectivity index (χ2n) is 5.38. The number of hydrogen-bond acceptors (Lipinski definition) is 3. The molecule has 0 spiro atoms. The van der Waals surface area contributed by atoms with Crippen LogP contribution in [0.5, 0.6) is 0 Å². The molecular weight excluding hydrogens is 300 g/mol. The second kappa shape index (κ2) is 5.14. The van der Waals surface area contributed by atoms with Crippen LogP contribution in [0, 0.1) is 13.8 Å². The molecule has 0 bridgehead atoms. The first-order valence-electron chi connectivity index (χ1n) is 6.88. The number of amides is 1. The van der Waals surface area contributed by atoms with Crippen LogP contribution in [0.3, 0.4) is 0 Å². The van der Waals surface area contributed by atoms with Crippen molar-refractivity contribution in [3.63, 3.8) is 0 Å². The van der Waals surface area contributed by atoms with Crippen molar-refractivity contribution in [1.82, 2.24) is 5.32 Å². The zero-order valence-electron chi connectivity index (χ0n) is 12.3. The van der Waals surface area contributed by atoms with Gasteiger partial charge in [0, 0.05) is 17.7 Å². The topological polar surface area (TPSA) is 75.3 Å². The summed E-state index contributed by atoms with van der Waals surface area (Å²) in [5, 5.41) is 2.71. The summed E-state index contributed by atoms with van der Waals surface area (Å²) >= 11 is 0. The molecule has 5 nitrogen and oxygen atoms in total. The highest BCUT2D eigenvalue weighted by Crippen LogP contribution is 2.30. The van der Waals surface area contributed by atoms with E-state index in [1.54, 1.807) is 36.4 Å². The maximum Gasteiger partial charge on any atom is 0.261 e. The molecule has 1 amide bonds. The molecule has 2 N–H and O–H groups in total. The second-order valence-corrected chi connectivity index (χ2v) is 7.07. The van der Waals surface area contributed by atoms with Crippen LogP contribution >= 0.6 is 0 Å². The summed E-state index contributed by atoms with van der Waals surface area (Å²) in [5.41, 5.74) is 3.47. The zero-order valence-corrected chi connectivity index (χ0v) is 13.1. The van der Waals surface area contributed by atoms with Gasteiger partial charge in [-0.05, 0) is 37.6 Å². The van der Waals surface area contributed by atoms with Gasteiger partial charge < -0.3 is 5.32 Å². The number of carbonyl (C=O) groups is 1. The highest BCUT2D eigenvalue weighted by molar-refractivity contribution is 7.92. The van der Waals surface area contributed by atoms with Gasteiger partial charge in [-0.1, -0.05) is 23.8 Å². The van der Waals surface area contributed by atoms with E-state index in [0.29, 0.717) is 23.4 Å². The summed E-state index contributed by atoms with van der Waals surface area (Å²) in [5.74, 6) is -0.175. The third-order valence-corrected chi connectivity index (χ3v) is 5.12. The fourth-order valence-corrected chi connectivity index (χ4v) is 3.64. The van der Waals surface area contributed by atoms with Gasteiger partial charge in [0.15, 0.2) is 0 Å². The van der Waals surface area contributed by atoms with E-state index in [0.717, 1.165) is 11.1 Å². The number of rotatable bonds is 3. The van der Waals surface area contributed by atoms with Gasteiger partial charge >= 0.3 is 0 Å². The van der Waals surface area contributed by atoms with E-state index in [-0.39, 0.29) is 10.8 Å². The van der Waals surface area contributed by atoms with Gasteiger partial charge in [0.25, 0.3) is 15.9 Å². The van der Waals surface area contributed by atoms with Crippen molar-refractivity contribution in [2.45, 2.75) is 25.3 Å². The summed E-state index contributed by atoms with van der Waals surface area (Å²) in [7, 11) is -3.68. The molecule has 1 aliphatic rings. The summed E-state index contributed by atoms with van der Waals surface area (Å²) in [4.78, 5) is 11.9. The molecule has 0 saturated carbocycles. The molecule has 1 aliphatic heterocycles. The molecule has 2 aromatic rings. The Morgan fingerprint density at radius 2 is 1.73 bits per heavy atom. The standard InChI is InChI=1S/C16H16N2O3S/c1-10-3-6-12(7-4-10)22(20,21)18-15-11(2)5-8-13-14(15)9-17-16(13)19/h3-8,18H,9H2,1-2H3,(H,17,19). The third kappa shape index (κ3) is 2.46. The summed E-state index contributed by atoms with van der Waals surface area (Å²) < 4.78 is 27.7. The molecule has 2 aromatic carbocycles. The maximum atomic E-state index is 12.5. The Morgan fingerprint density at radius 3 is 2.41 bits per heavy atom. The Balaban J connectivity index is 2.03. The lowest BCUT2D eigenvalue weighted by Gasteiger charge is -2.14. The number of aryl methyl sites for hydroxylation is 2. The van der Waals surface area contributed by atoms with E-state index < -0.39 is 10.0 Å². The van der Waals surface area contributed by atoms with Gasteiger partial charge in [0.1, 0.15) is 0 Å². The van der Waals surface area contributed by atoms with Crippen LogP contribution < -0.4 is 10.0 Å². The van der Waals surface area contributed by atoms with E-state index in [1.165, 1.54) is 0 Å². The van der Waals surface area contributed by atoms with E-state index in [9.17, 15) is 13.2 Å². The number of benzene rings is 2. The molecule has 0 atom stereocenters. The van der Waals surface area contributed by atoms with E-state index in [4.69, 9.17) is 0 Å². The van der Waals surface area contributed by atoms with Crippen LogP contribution in [0.15, 0.2) is 41.3 Å². The Hall–Kier alpha value is -2.34. The van der Waals surface area contributed by atoms with Crippen LogP contribution in [0.1, 0.15) is 27.0 Å². The molecule has 0 fully saturated rings. The number of anilines is 1. The van der Waals surface area contributed by atoms with Gasteiger partial charge in [0.2, 0.25) is 0 Å². The van der Waals surface area contributed by atoms with Gasteiger partial charge in [-0.15, -0.1) is 0 Å². The van der Waals surface area contributed by atoms with Crippen molar-refractivity contribution < 1.29 is 13.2 Å². The van der Waals surface area contributed by atoms with Crippen molar-refractivity contribution in [1.29, 1.82) is 0 Å². The molecule has 0 aliphatic carbocycles. The molecule has 3 rings (SSSR count). The normalized spacial score (nSPS) is 13.6. The maximum absolute atomic E-state index is 12.5. The molecule has 0 unspecified atom stereocenters. The minimum Gasteiger partial charge on any atom is -0.348 e. The van der Waals surface area contributed by atoms with Gasteiger partial charge in [0.05, 0.1) is 10.6 Å².